The Labute approximate surface area is 100 Å². The van der Waals surface area contributed by atoms with Gasteiger partial charge in [-0.1, -0.05) is 12.8 Å². The molecule has 1 saturated carbocycles. The molecule has 1 aromatic heterocycles. The predicted molar refractivity (Wildman–Crippen MR) is 62.1 cm³/mol. The molecule has 1 aromatic rings. The standard InChI is InChI=1S/C12H18N2O3/c1-8-9(6-11(17-8)12(15)14-13)7-16-10-4-2-3-5-10/h6,10H,2-5,7,13H2,1H3,(H,14,15). The molecule has 1 aliphatic carbocycles. The summed E-state index contributed by atoms with van der Waals surface area (Å²) < 4.78 is 11.1. The van der Waals surface area contributed by atoms with E-state index in [1.807, 2.05) is 12.3 Å². The van der Waals surface area contributed by atoms with Crippen LogP contribution in [-0.2, 0) is 11.3 Å². The number of nitrogens with one attached hydrogen (secondary N) is 1. The summed E-state index contributed by atoms with van der Waals surface area (Å²) in [5.74, 6) is 5.57. The Morgan fingerprint density at radius 2 is 2.29 bits per heavy atom. The van der Waals surface area contributed by atoms with E-state index in [1.165, 1.54) is 12.8 Å². The molecule has 0 atom stereocenters. The fourth-order valence-corrected chi connectivity index (χ4v) is 2.11. The molecule has 0 bridgehead atoms. The minimum Gasteiger partial charge on any atom is -0.456 e. The quantitative estimate of drug-likeness (QED) is 0.475. The van der Waals surface area contributed by atoms with Crippen LogP contribution in [0.1, 0.15) is 47.6 Å². The first-order valence-electron chi connectivity index (χ1n) is 5.92. The van der Waals surface area contributed by atoms with Crippen LogP contribution in [0.25, 0.3) is 0 Å². The van der Waals surface area contributed by atoms with Gasteiger partial charge in [-0.05, 0) is 25.8 Å². The molecule has 17 heavy (non-hydrogen) atoms. The van der Waals surface area contributed by atoms with E-state index >= 15 is 0 Å². The van der Waals surface area contributed by atoms with Gasteiger partial charge in [0.15, 0.2) is 5.76 Å². The molecule has 5 nitrogen and oxygen atoms in total. The Hall–Kier alpha value is -1.33. The SMILES string of the molecule is Cc1oc(C(=O)NN)cc1COC1CCCC1. The van der Waals surface area contributed by atoms with Crippen molar-refractivity contribution >= 4 is 5.91 Å². The van der Waals surface area contributed by atoms with Gasteiger partial charge in [-0.25, -0.2) is 5.84 Å². The first-order valence-corrected chi connectivity index (χ1v) is 5.92. The Morgan fingerprint density at radius 3 is 2.94 bits per heavy atom. The van der Waals surface area contributed by atoms with Gasteiger partial charge in [-0.15, -0.1) is 0 Å². The molecule has 1 fully saturated rings. The minimum absolute atomic E-state index is 0.232. The third-order valence-corrected chi connectivity index (χ3v) is 3.15. The molecule has 0 saturated heterocycles. The van der Waals surface area contributed by atoms with Crippen LogP contribution in [0.15, 0.2) is 10.5 Å². The third-order valence-electron chi connectivity index (χ3n) is 3.15. The maximum Gasteiger partial charge on any atom is 0.300 e. The van der Waals surface area contributed by atoms with Crippen LogP contribution in [0.4, 0.5) is 0 Å². The third kappa shape index (κ3) is 2.87. The first-order chi connectivity index (χ1) is 8.20. The van der Waals surface area contributed by atoms with Gasteiger partial charge in [0.1, 0.15) is 5.76 Å². The Kier molecular flexibility index (Phi) is 3.81. The highest BCUT2D eigenvalue weighted by Crippen LogP contribution is 2.23. The molecule has 3 N–H and O–H groups in total. The van der Waals surface area contributed by atoms with Crippen molar-refractivity contribution in [3.63, 3.8) is 0 Å². The normalized spacial score (nSPS) is 16.4. The van der Waals surface area contributed by atoms with Gasteiger partial charge in [-0.2, -0.15) is 0 Å². The molecule has 5 heteroatoms. The van der Waals surface area contributed by atoms with E-state index in [-0.39, 0.29) is 5.76 Å². The summed E-state index contributed by atoms with van der Waals surface area (Å²) in [4.78, 5) is 11.3. The summed E-state index contributed by atoms with van der Waals surface area (Å²) in [5, 5.41) is 0. The predicted octanol–water partition coefficient (Wildman–Crippen LogP) is 1.65. The largest absolute Gasteiger partial charge is 0.456 e. The average Bonchev–Trinajstić information content (AvgIpc) is 2.95. The van der Waals surface area contributed by atoms with Gasteiger partial charge in [0.2, 0.25) is 0 Å². The van der Waals surface area contributed by atoms with Crippen molar-refractivity contribution < 1.29 is 13.9 Å². The summed E-state index contributed by atoms with van der Waals surface area (Å²) in [6, 6.07) is 1.69. The molecule has 1 aliphatic rings. The highest BCUT2D eigenvalue weighted by atomic mass is 16.5. The van der Waals surface area contributed by atoms with E-state index < -0.39 is 5.91 Å². The second kappa shape index (κ2) is 5.33. The molecule has 0 radical (unpaired) electrons. The lowest BCUT2D eigenvalue weighted by Gasteiger charge is -2.09. The van der Waals surface area contributed by atoms with E-state index in [0.29, 0.717) is 18.5 Å². The Balaban J connectivity index is 1.95. The van der Waals surface area contributed by atoms with Crippen molar-refractivity contribution in [3.8, 4) is 0 Å². The van der Waals surface area contributed by atoms with Crippen molar-refractivity contribution in [3.05, 3.63) is 23.2 Å². The fraction of sp³-hybridized carbons (Fsp3) is 0.583. The van der Waals surface area contributed by atoms with E-state index in [2.05, 4.69) is 0 Å². The summed E-state index contributed by atoms with van der Waals surface area (Å²) in [7, 11) is 0. The number of hydrazine groups is 1. The number of hydrogen-bond acceptors (Lipinski definition) is 4. The molecule has 2 rings (SSSR count). The zero-order valence-electron chi connectivity index (χ0n) is 9.99. The molecule has 94 valence electrons. The molecule has 0 spiro atoms. The second-order valence-electron chi connectivity index (χ2n) is 4.38. The van der Waals surface area contributed by atoms with Crippen LogP contribution in [-0.4, -0.2) is 12.0 Å². The van der Waals surface area contributed by atoms with Crippen molar-refractivity contribution in [2.24, 2.45) is 5.84 Å². The number of amides is 1. The highest BCUT2D eigenvalue weighted by molar-refractivity contribution is 5.91. The molecular formula is C12H18N2O3. The highest BCUT2D eigenvalue weighted by Gasteiger charge is 2.18. The molecule has 0 aromatic carbocycles. The number of nitrogen functional groups attached to an aromatic ring is 1. The summed E-state index contributed by atoms with van der Waals surface area (Å²) >= 11 is 0. The van der Waals surface area contributed by atoms with Crippen molar-refractivity contribution in [1.29, 1.82) is 0 Å². The number of ether oxygens (including phenoxy) is 1. The van der Waals surface area contributed by atoms with Gasteiger partial charge < -0.3 is 9.15 Å². The van der Waals surface area contributed by atoms with E-state index in [0.717, 1.165) is 18.4 Å². The van der Waals surface area contributed by atoms with E-state index in [4.69, 9.17) is 15.0 Å². The number of nitrogens with two attached hydrogens (primary N) is 1. The van der Waals surface area contributed by atoms with Crippen LogP contribution >= 0.6 is 0 Å². The fourth-order valence-electron chi connectivity index (χ4n) is 2.11. The smallest absolute Gasteiger partial charge is 0.300 e. The summed E-state index contributed by atoms with van der Waals surface area (Å²) in [6.07, 6.45) is 5.11. The molecule has 1 heterocycles. The lowest BCUT2D eigenvalue weighted by atomic mass is 10.2. The van der Waals surface area contributed by atoms with E-state index in [1.54, 1.807) is 6.07 Å². The van der Waals surface area contributed by atoms with Crippen molar-refractivity contribution in [1.82, 2.24) is 5.43 Å². The lowest BCUT2D eigenvalue weighted by molar-refractivity contribution is 0.0450. The Bertz CT molecular complexity index is 394. The van der Waals surface area contributed by atoms with Gasteiger partial charge in [0, 0.05) is 5.56 Å². The summed E-state index contributed by atoms with van der Waals surface area (Å²) in [5.41, 5.74) is 2.96. The number of hydrogen-bond donors (Lipinski definition) is 2. The second-order valence-corrected chi connectivity index (χ2v) is 4.38. The number of rotatable bonds is 4. The van der Waals surface area contributed by atoms with Crippen LogP contribution in [0.2, 0.25) is 0 Å². The summed E-state index contributed by atoms with van der Waals surface area (Å²) in [6.45, 7) is 2.32. The van der Waals surface area contributed by atoms with Gasteiger partial charge in [0.25, 0.3) is 0 Å². The molecule has 0 unspecified atom stereocenters. The topological polar surface area (TPSA) is 77.5 Å². The number of carbonyl (C=O) groups excluding carboxylic acids is 1. The van der Waals surface area contributed by atoms with Gasteiger partial charge in [-0.3, -0.25) is 10.2 Å². The number of carbonyl (C=O) groups is 1. The maximum atomic E-state index is 11.3. The Morgan fingerprint density at radius 1 is 1.59 bits per heavy atom. The monoisotopic (exact) mass is 238 g/mol. The zero-order chi connectivity index (χ0) is 12.3. The lowest BCUT2D eigenvalue weighted by Crippen LogP contribution is -2.29. The molecular weight excluding hydrogens is 220 g/mol. The van der Waals surface area contributed by atoms with Crippen LogP contribution in [0.3, 0.4) is 0 Å². The van der Waals surface area contributed by atoms with Crippen molar-refractivity contribution in [2.45, 2.75) is 45.3 Å². The average molecular weight is 238 g/mol. The van der Waals surface area contributed by atoms with Crippen molar-refractivity contribution in [2.75, 3.05) is 0 Å². The van der Waals surface area contributed by atoms with Crippen LogP contribution in [0, 0.1) is 6.92 Å². The minimum atomic E-state index is -0.416. The number of aryl methyl sites for hydroxylation is 1. The zero-order valence-corrected chi connectivity index (χ0v) is 9.99. The van der Waals surface area contributed by atoms with Gasteiger partial charge in [0.05, 0.1) is 12.7 Å². The molecule has 1 amide bonds. The maximum absolute atomic E-state index is 11.3. The van der Waals surface area contributed by atoms with Gasteiger partial charge >= 0.3 is 5.91 Å². The van der Waals surface area contributed by atoms with Crippen LogP contribution in [0.5, 0.6) is 0 Å². The van der Waals surface area contributed by atoms with E-state index in [9.17, 15) is 4.79 Å². The number of furan rings is 1. The first kappa shape index (κ1) is 12.1. The molecule has 0 aliphatic heterocycles. The van der Waals surface area contributed by atoms with Crippen LogP contribution < -0.4 is 11.3 Å².